The van der Waals surface area contributed by atoms with E-state index >= 15 is 0 Å². The van der Waals surface area contributed by atoms with Gasteiger partial charge in [0.15, 0.2) is 0 Å². The summed E-state index contributed by atoms with van der Waals surface area (Å²) in [6.45, 7) is 19.5. The Morgan fingerprint density at radius 1 is 0.405 bits per heavy atom. The molecule has 0 spiro atoms. The summed E-state index contributed by atoms with van der Waals surface area (Å²) in [7, 11) is 3.93. The zero-order valence-electron chi connectivity index (χ0n) is 55.5. The first-order valence-electron chi connectivity index (χ1n) is 35.8. The molecular weight excluding hydrogens is 1080 g/mol. The van der Waals surface area contributed by atoms with Gasteiger partial charge in [-0.25, -0.2) is 0 Å². The zero-order valence-corrected chi connectivity index (χ0v) is 57.2. The molecule has 10 nitrogen and oxygen atoms in total. The summed E-state index contributed by atoms with van der Waals surface area (Å²) in [5.41, 5.74) is 0. The lowest BCUT2D eigenvalue weighted by Gasteiger charge is -2.34. The van der Waals surface area contributed by atoms with Gasteiger partial charge in [-0.15, -0.1) is 0 Å². The maximum atomic E-state index is 12.7. The highest BCUT2D eigenvalue weighted by molar-refractivity contribution is 8.76. The minimum Gasteiger partial charge on any atom is -0.464 e. The van der Waals surface area contributed by atoms with E-state index in [2.05, 4.69) is 95.9 Å². The van der Waals surface area contributed by atoms with E-state index in [1.165, 1.54) is 154 Å². The average Bonchev–Trinajstić information content (AvgIpc) is 3.51. The van der Waals surface area contributed by atoms with Crippen LogP contribution in [0.5, 0.6) is 0 Å². The molecule has 0 amide bonds. The Balaban J connectivity index is 2.39. The highest BCUT2D eigenvalue weighted by Crippen LogP contribution is 2.23. The number of carbonyl (C=O) groups is 1. The molecule has 12 heteroatoms. The van der Waals surface area contributed by atoms with Crippen molar-refractivity contribution in [2.45, 2.75) is 309 Å². The summed E-state index contributed by atoms with van der Waals surface area (Å²) >= 11 is 0. The molecular formula is C72H138N4O6S2. The number of allylic oxidation sites excluding steroid dienone is 8. The maximum Gasteiger partial charge on any atom is 0.305 e. The summed E-state index contributed by atoms with van der Waals surface area (Å²) in [5.74, 6) is 2.04. The average molecular weight is 1220 g/mol. The molecule has 1 aliphatic heterocycles. The van der Waals surface area contributed by atoms with Gasteiger partial charge in [0.2, 0.25) is 0 Å². The van der Waals surface area contributed by atoms with Gasteiger partial charge in [-0.05, 0) is 122 Å². The van der Waals surface area contributed by atoms with Crippen LogP contribution >= 0.6 is 21.6 Å². The molecule has 0 aromatic heterocycles. The van der Waals surface area contributed by atoms with E-state index < -0.39 is 0 Å². The topological polar surface area (TPSA) is 120 Å². The van der Waals surface area contributed by atoms with E-state index in [0.717, 1.165) is 160 Å². The molecule has 0 aliphatic carbocycles. The van der Waals surface area contributed by atoms with E-state index in [4.69, 9.17) is 4.74 Å². The number of ether oxygens (including phenoxy) is 1. The van der Waals surface area contributed by atoms with Gasteiger partial charge in [0, 0.05) is 83.4 Å². The number of piperazine rings is 1. The van der Waals surface area contributed by atoms with Crippen molar-refractivity contribution < 1.29 is 30.0 Å². The summed E-state index contributed by atoms with van der Waals surface area (Å²) in [6, 6.07) is 0. The van der Waals surface area contributed by atoms with Gasteiger partial charge in [0.1, 0.15) is 6.61 Å². The number of hydrogen-bond donors (Lipinski definition) is 4. The molecule has 1 aliphatic rings. The van der Waals surface area contributed by atoms with Crippen molar-refractivity contribution in [2.75, 3.05) is 96.6 Å². The van der Waals surface area contributed by atoms with Gasteiger partial charge in [-0.3, -0.25) is 24.4 Å². The van der Waals surface area contributed by atoms with Crippen LogP contribution < -0.4 is 0 Å². The molecule has 1 saturated heterocycles. The maximum absolute atomic E-state index is 12.7. The quantitative estimate of drug-likeness (QED) is 0.0201. The number of carbonyl (C=O) groups excluding carboxylic acids is 1. The van der Waals surface area contributed by atoms with Crippen LogP contribution in [0.25, 0.3) is 0 Å². The molecule has 1 heterocycles. The van der Waals surface area contributed by atoms with Crippen molar-refractivity contribution in [1.82, 2.24) is 19.6 Å². The van der Waals surface area contributed by atoms with Crippen molar-refractivity contribution in [3.8, 4) is 0 Å². The highest BCUT2D eigenvalue weighted by Gasteiger charge is 2.20. The highest BCUT2D eigenvalue weighted by atomic mass is 33.1. The molecule has 0 aromatic rings. The Bertz CT molecular complexity index is 1420. The fraction of sp³-hybridized carbons (Fsp3) is 0.875. The fourth-order valence-electron chi connectivity index (χ4n) is 11.3. The lowest BCUT2D eigenvalue weighted by molar-refractivity contribution is -0.144. The van der Waals surface area contributed by atoms with Crippen molar-refractivity contribution in [3.63, 3.8) is 0 Å². The number of aliphatic hydroxyl groups is 4. The van der Waals surface area contributed by atoms with Crippen LogP contribution in [0.2, 0.25) is 0 Å². The van der Waals surface area contributed by atoms with Gasteiger partial charge >= 0.3 is 5.97 Å². The molecule has 0 radical (unpaired) electrons. The molecule has 4 N–H and O–H groups in total. The van der Waals surface area contributed by atoms with Crippen LogP contribution in [0.3, 0.4) is 0 Å². The Labute approximate surface area is 528 Å². The second kappa shape index (κ2) is 63.4. The van der Waals surface area contributed by atoms with Gasteiger partial charge in [0.25, 0.3) is 0 Å². The first-order valence-corrected chi connectivity index (χ1v) is 38.3. The normalized spacial score (nSPS) is 15.4. The van der Waals surface area contributed by atoms with Crippen LogP contribution in [0.15, 0.2) is 48.6 Å². The Hall–Kier alpha value is -1.19. The van der Waals surface area contributed by atoms with E-state index in [-0.39, 0.29) is 30.4 Å². The largest absolute Gasteiger partial charge is 0.464 e. The molecule has 494 valence electrons. The lowest BCUT2D eigenvalue weighted by atomic mass is 10.1. The van der Waals surface area contributed by atoms with Crippen LogP contribution in [0.4, 0.5) is 0 Å². The molecule has 2 unspecified atom stereocenters. The van der Waals surface area contributed by atoms with Gasteiger partial charge in [-0.2, -0.15) is 0 Å². The SMILES string of the molecule is CCCCC/C=C\C/C=C\CCCCCC[C@H](O)CN(CCCSSCCN1CCN(CCOC(=O)CCCCN(CC(O)CCCCCCCC)CC(O)CCCCCCCC)CC1)C[C@@H](O)CCCCCC/C=C\C/C=C\CCCCC. The molecule has 84 heavy (non-hydrogen) atoms. The smallest absolute Gasteiger partial charge is 0.305 e. The number of aliphatic hydroxyl groups excluding tert-OH is 4. The lowest BCUT2D eigenvalue weighted by Crippen LogP contribution is -2.47. The van der Waals surface area contributed by atoms with Crippen molar-refractivity contribution in [2.24, 2.45) is 0 Å². The Morgan fingerprint density at radius 2 is 0.738 bits per heavy atom. The number of hydrogen-bond acceptors (Lipinski definition) is 12. The minimum absolute atomic E-state index is 0.122. The summed E-state index contributed by atoms with van der Waals surface area (Å²) < 4.78 is 5.70. The van der Waals surface area contributed by atoms with E-state index in [9.17, 15) is 25.2 Å². The van der Waals surface area contributed by atoms with E-state index in [1.54, 1.807) is 0 Å². The van der Waals surface area contributed by atoms with Gasteiger partial charge < -0.3 is 25.2 Å². The molecule has 4 atom stereocenters. The molecule has 1 rings (SSSR count). The number of nitrogens with zero attached hydrogens (tertiary/aromatic N) is 4. The molecule has 0 saturated carbocycles. The van der Waals surface area contributed by atoms with E-state index in [0.29, 0.717) is 39.2 Å². The van der Waals surface area contributed by atoms with Crippen LogP contribution in [0.1, 0.15) is 285 Å². The molecule has 0 bridgehead atoms. The summed E-state index contributed by atoms with van der Waals surface area (Å²) in [6.07, 6.45) is 62.0. The van der Waals surface area contributed by atoms with E-state index in [1.807, 2.05) is 21.6 Å². The van der Waals surface area contributed by atoms with Crippen LogP contribution in [-0.4, -0.2) is 167 Å². The van der Waals surface area contributed by atoms with Gasteiger partial charge in [0.05, 0.1) is 24.4 Å². The second-order valence-electron chi connectivity index (χ2n) is 24.9. The summed E-state index contributed by atoms with van der Waals surface area (Å²) in [4.78, 5) is 22.3. The number of unbranched alkanes of at least 4 members (excludes halogenated alkanes) is 25. The predicted octanol–water partition coefficient (Wildman–Crippen LogP) is 17.5. The van der Waals surface area contributed by atoms with Crippen molar-refractivity contribution >= 4 is 27.6 Å². The summed E-state index contributed by atoms with van der Waals surface area (Å²) in [5, 5.41) is 44.2. The first kappa shape index (κ1) is 80.8. The molecule has 0 aromatic carbocycles. The van der Waals surface area contributed by atoms with Crippen molar-refractivity contribution in [1.29, 1.82) is 0 Å². The minimum atomic E-state index is -0.377. The third-order valence-electron chi connectivity index (χ3n) is 16.7. The Kier molecular flexibility index (Phi) is 61.0. The van der Waals surface area contributed by atoms with Crippen LogP contribution in [0, 0.1) is 0 Å². The van der Waals surface area contributed by atoms with Crippen LogP contribution in [-0.2, 0) is 9.53 Å². The standard InChI is InChI=1S/C72H138N4O6S2/c1-5-9-13-17-21-23-25-27-29-31-33-35-39-43-50-70(79)66-76(67-71(80)51-44-40-36-34-32-30-28-26-24-22-18-14-10-6-2)54-47-62-83-84-63-60-74-57-55-73(56-58-74)59-61-82-72(81)52-45-46-53-75(64-68(77)48-41-37-19-15-11-7-3)65-69(78)49-42-38-20-16-12-8-4/h21-24,27-30,68-71,77-80H,5-20,25-26,31-67H2,1-4H3/b23-21-,24-22-,29-27-,30-28-/t68?,69?,70-,71-/m0/s1. The third kappa shape index (κ3) is 56.1. The first-order chi connectivity index (χ1) is 41.2. The third-order valence-corrected chi connectivity index (χ3v) is 19.1. The zero-order chi connectivity index (χ0) is 60.9. The Morgan fingerprint density at radius 3 is 1.15 bits per heavy atom. The van der Waals surface area contributed by atoms with Crippen molar-refractivity contribution in [3.05, 3.63) is 48.6 Å². The molecule has 1 fully saturated rings. The number of esters is 1. The fourth-order valence-corrected chi connectivity index (χ4v) is 13.4. The second-order valence-corrected chi connectivity index (χ2v) is 27.6. The number of rotatable bonds is 64. The predicted molar refractivity (Wildman–Crippen MR) is 370 cm³/mol. The van der Waals surface area contributed by atoms with Gasteiger partial charge in [-0.1, -0.05) is 239 Å². The monoisotopic (exact) mass is 1220 g/mol.